The molecule has 2 amide bonds. The van der Waals surface area contributed by atoms with E-state index in [0.29, 0.717) is 11.3 Å². The molecule has 3 atom stereocenters. The third kappa shape index (κ3) is 2.52. The molecule has 0 bridgehead atoms. The standard InChI is InChI=1S/C15H16N2O5S2/c1-8-7-24-14-15(22-2,13(21)17(14)11(8)12(19)20)16-10(18)6-9-4-3-5-23-9/h3-5,11,14H,1,6-7H2,2H3,(H,16,18)(H,19,20)/t11?,14-,15?/m1/s1. The number of carboxylic acids is 1. The summed E-state index contributed by atoms with van der Waals surface area (Å²) in [5, 5.41) is 13.3. The number of hydrogen-bond acceptors (Lipinski definition) is 6. The molecule has 1 aromatic rings. The summed E-state index contributed by atoms with van der Waals surface area (Å²) >= 11 is 2.78. The van der Waals surface area contributed by atoms with E-state index in [0.717, 1.165) is 4.88 Å². The van der Waals surface area contributed by atoms with Crippen molar-refractivity contribution in [3.63, 3.8) is 0 Å². The number of methoxy groups -OCH3 is 1. The monoisotopic (exact) mass is 368 g/mol. The highest BCUT2D eigenvalue weighted by Crippen LogP contribution is 2.46. The van der Waals surface area contributed by atoms with Crippen molar-refractivity contribution in [3.05, 3.63) is 34.5 Å². The fraction of sp³-hybridized carbons (Fsp3) is 0.400. The number of fused-ring (bicyclic) bond motifs is 1. The van der Waals surface area contributed by atoms with Crippen LogP contribution in [-0.4, -0.2) is 57.8 Å². The van der Waals surface area contributed by atoms with Crippen molar-refractivity contribution in [2.24, 2.45) is 0 Å². The summed E-state index contributed by atoms with van der Waals surface area (Å²) in [6.07, 6.45) is 0.141. The minimum atomic E-state index is -1.52. The zero-order valence-electron chi connectivity index (χ0n) is 12.9. The number of carbonyl (C=O) groups excluding carboxylic acids is 2. The van der Waals surface area contributed by atoms with Gasteiger partial charge in [-0.1, -0.05) is 12.6 Å². The Morgan fingerprint density at radius 2 is 2.33 bits per heavy atom. The highest BCUT2D eigenvalue weighted by atomic mass is 32.2. The first kappa shape index (κ1) is 17.0. The van der Waals surface area contributed by atoms with Crippen LogP contribution in [0.2, 0.25) is 0 Å². The average Bonchev–Trinajstić information content (AvgIpc) is 3.04. The molecule has 2 fully saturated rings. The van der Waals surface area contributed by atoms with Gasteiger partial charge < -0.3 is 20.1 Å². The Morgan fingerprint density at radius 1 is 1.58 bits per heavy atom. The molecule has 24 heavy (non-hydrogen) atoms. The second-order valence-corrected chi connectivity index (χ2v) is 7.62. The number of nitrogens with zero attached hydrogens (tertiary/aromatic N) is 1. The van der Waals surface area contributed by atoms with Gasteiger partial charge in [0.05, 0.1) is 6.42 Å². The van der Waals surface area contributed by atoms with Gasteiger partial charge in [-0.05, 0) is 17.0 Å². The van der Waals surface area contributed by atoms with Crippen LogP contribution in [0.1, 0.15) is 4.88 Å². The van der Waals surface area contributed by atoms with Gasteiger partial charge in [-0.25, -0.2) is 4.79 Å². The molecule has 2 aliphatic heterocycles. The lowest BCUT2D eigenvalue weighted by Crippen LogP contribution is -2.83. The second kappa shape index (κ2) is 6.23. The number of carboxylic acid groups (broad SMARTS) is 1. The summed E-state index contributed by atoms with van der Waals surface area (Å²) in [7, 11) is 1.33. The van der Waals surface area contributed by atoms with Crippen LogP contribution in [0.15, 0.2) is 29.7 Å². The lowest BCUT2D eigenvalue weighted by molar-refractivity contribution is -0.201. The van der Waals surface area contributed by atoms with Crippen LogP contribution >= 0.6 is 23.1 Å². The predicted octanol–water partition coefficient (Wildman–Crippen LogP) is 0.674. The van der Waals surface area contributed by atoms with E-state index in [4.69, 9.17) is 4.74 Å². The number of aliphatic carboxylic acids is 1. The van der Waals surface area contributed by atoms with Gasteiger partial charge in [0.1, 0.15) is 5.37 Å². The van der Waals surface area contributed by atoms with Gasteiger partial charge in [-0.15, -0.1) is 23.1 Å². The molecule has 128 valence electrons. The Balaban J connectivity index is 1.78. The van der Waals surface area contributed by atoms with E-state index in [-0.39, 0.29) is 12.3 Å². The van der Waals surface area contributed by atoms with E-state index in [9.17, 15) is 19.5 Å². The van der Waals surface area contributed by atoms with Crippen LogP contribution in [0.3, 0.4) is 0 Å². The van der Waals surface area contributed by atoms with E-state index in [1.165, 1.54) is 35.1 Å². The Labute approximate surface area is 146 Å². The van der Waals surface area contributed by atoms with Gasteiger partial charge in [-0.3, -0.25) is 9.59 Å². The number of ether oxygens (including phenoxy) is 1. The summed E-state index contributed by atoms with van der Waals surface area (Å²) in [5.41, 5.74) is -1.07. The fourth-order valence-corrected chi connectivity index (χ4v) is 5.02. The number of rotatable bonds is 5. The van der Waals surface area contributed by atoms with Crippen molar-refractivity contribution in [1.82, 2.24) is 10.2 Å². The van der Waals surface area contributed by atoms with Crippen molar-refractivity contribution in [3.8, 4) is 0 Å². The Bertz CT molecular complexity index is 705. The summed E-state index contributed by atoms with van der Waals surface area (Å²) in [4.78, 5) is 38.4. The molecule has 2 unspecified atom stereocenters. The maximum absolute atomic E-state index is 12.6. The number of thioether (sulfide) groups is 1. The van der Waals surface area contributed by atoms with E-state index in [1.807, 2.05) is 17.5 Å². The number of carbonyl (C=O) groups is 3. The third-order valence-corrected chi connectivity index (χ3v) is 6.33. The van der Waals surface area contributed by atoms with E-state index >= 15 is 0 Å². The maximum Gasteiger partial charge on any atom is 0.330 e. The Morgan fingerprint density at radius 3 is 2.92 bits per heavy atom. The predicted molar refractivity (Wildman–Crippen MR) is 89.6 cm³/mol. The van der Waals surface area contributed by atoms with Crippen molar-refractivity contribution in [1.29, 1.82) is 0 Å². The summed E-state index contributed by atoms with van der Waals surface area (Å²) in [6.45, 7) is 3.73. The van der Waals surface area contributed by atoms with Crippen molar-refractivity contribution in [2.45, 2.75) is 23.6 Å². The molecule has 9 heteroatoms. The van der Waals surface area contributed by atoms with Crippen LogP contribution in [0, 0.1) is 0 Å². The molecule has 1 aromatic heterocycles. The van der Waals surface area contributed by atoms with E-state index in [1.54, 1.807) is 0 Å². The molecule has 0 radical (unpaired) electrons. The number of β-lactam (4-membered cyclic amide) rings is 1. The summed E-state index contributed by atoms with van der Waals surface area (Å²) < 4.78 is 5.35. The topological polar surface area (TPSA) is 95.9 Å². The highest BCUT2D eigenvalue weighted by Gasteiger charge is 2.67. The largest absolute Gasteiger partial charge is 0.479 e. The van der Waals surface area contributed by atoms with Gasteiger partial charge in [0.25, 0.3) is 11.6 Å². The number of thiophene rings is 1. The van der Waals surface area contributed by atoms with Gasteiger partial charge >= 0.3 is 5.97 Å². The number of nitrogens with one attached hydrogen (secondary N) is 1. The summed E-state index contributed by atoms with van der Waals surface area (Å²) in [6, 6.07) is 2.59. The molecule has 0 aromatic carbocycles. The molecule has 0 aliphatic carbocycles. The smallest absolute Gasteiger partial charge is 0.330 e. The van der Waals surface area contributed by atoms with Gasteiger partial charge in [0.2, 0.25) is 5.91 Å². The molecule has 3 rings (SSSR count). The van der Waals surface area contributed by atoms with Crippen LogP contribution in [0.4, 0.5) is 0 Å². The second-order valence-electron chi connectivity index (χ2n) is 5.52. The van der Waals surface area contributed by atoms with Crippen molar-refractivity contribution in [2.75, 3.05) is 12.9 Å². The highest BCUT2D eigenvalue weighted by molar-refractivity contribution is 8.00. The third-order valence-electron chi connectivity index (χ3n) is 4.04. The quantitative estimate of drug-likeness (QED) is 0.451. The molecule has 3 heterocycles. The average molecular weight is 368 g/mol. The lowest BCUT2D eigenvalue weighted by atomic mass is 9.94. The van der Waals surface area contributed by atoms with Gasteiger partial charge in [0.15, 0.2) is 6.04 Å². The van der Waals surface area contributed by atoms with Crippen LogP contribution in [0.25, 0.3) is 0 Å². The number of hydrogen-bond donors (Lipinski definition) is 2. The first-order chi connectivity index (χ1) is 11.4. The molecule has 2 N–H and O–H groups in total. The zero-order valence-corrected chi connectivity index (χ0v) is 14.5. The molecular weight excluding hydrogens is 352 g/mol. The first-order valence-electron chi connectivity index (χ1n) is 7.14. The van der Waals surface area contributed by atoms with Crippen LogP contribution in [-0.2, 0) is 25.5 Å². The minimum Gasteiger partial charge on any atom is -0.479 e. The lowest BCUT2D eigenvalue weighted by Gasteiger charge is -2.58. The zero-order chi connectivity index (χ0) is 17.5. The SMILES string of the molecule is C=C1CS[C@H]2N(C(=O)C2(NC(=O)Cc2cccs2)OC)C1C(=O)O. The molecule has 2 saturated heterocycles. The molecule has 7 nitrogen and oxygen atoms in total. The molecule has 2 aliphatic rings. The molecular formula is C15H16N2O5S2. The fourth-order valence-electron chi connectivity index (χ4n) is 2.92. The molecule has 0 saturated carbocycles. The Kier molecular flexibility index (Phi) is 4.41. The van der Waals surface area contributed by atoms with Crippen LogP contribution in [0.5, 0.6) is 0 Å². The molecule has 0 spiro atoms. The van der Waals surface area contributed by atoms with Crippen LogP contribution < -0.4 is 5.32 Å². The Hall–Kier alpha value is -1.84. The van der Waals surface area contributed by atoms with Crippen molar-refractivity contribution >= 4 is 40.9 Å². The number of amides is 2. The maximum atomic E-state index is 12.6. The summed E-state index contributed by atoms with van der Waals surface area (Å²) in [5.74, 6) is -1.65. The van der Waals surface area contributed by atoms with E-state index < -0.39 is 29.0 Å². The normalized spacial score (nSPS) is 29.0. The first-order valence-corrected chi connectivity index (χ1v) is 9.07. The van der Waals surface area contributed by atoms with Crippen molar-refractivity contribution < 1.29 is 24.2 Å². The van der Waals surface area contributed by atoms with Gasteiger partial charge in [0, 0.05) is 17.7 Å². The van der Waals surface area contributed by atoms with E-state index in [2.05, 4.69) is 11.9 Å². The minimum absolute atomic E-state index is 0.141. The van der Waals surface area contributed by atoms with Gasteiger partial charge in [-0.2, -0.15) is 0 Å².